The SMILES string of the molecule is CC1CCCCN1Cc1ccc(NC(=O)C2CCCN2)cc1.Cl. The molecule has 2 saturated heterocycles. The summed E-state index contributed by atoms with van der Waals surface area (Å²) in [5.74, 6) is 0.0925. The van der Waals surface area contributed by atoms with E-state index in [1.807, 2.05) is 12.1 Å². The smallest absolute Gasteiger partial charge is 0.241 e. The molecule has 2 fully saturated rings. The first kappa shape index (κ1) is 18.2. The topological polar surface area (TPSA) is 44.4 Å². The third-order valence-electron chi connectivity index (χ3n) is 4.92. The van der Waals surface area contributed by atoms with Gasteiger partial charge in [0.25, 0.3) is 0 Å². The van der Waals surface area contributed by atoms with Crippen molar-refractivity contribution in [2.75, 3.05) is 18.4 Å². The molecule has 3 rings (SSSR count). The van der Waals surface area contributed by atoms with Gasteiger partial charge in [-0.2, -0.15) is 0 Å². The molecule has 2 atom stereocenters. The van der Waals surface area contributed by atoms with Crippen LogP contribution in [0.4, 0.5) is 5.69 Å². The summed E-state index contributed by atoms with van der Waals surface area (Å²) in [6.45, 7) is 5.49. The van der Waals surface area contributed by atoms with E-state index in [1.54, 1.807) is 0 Å². The van der Waals surface area contributed by atoms with Gasteiger partial charge < -0.3 is 10.6 Å². The lowest BCUT2D eigenvalue weighted by Crippen LogP contribution is -2.36. The molecule has 1 aromatic carbocycles. The maximum absolute atomic E-state index is 12.1. The molecule has 0 saturated carbocycles. The van der Waals surface area contributed by atoms with Crippen LogP contribution in [0.2, 0.25) is 0 Å². The molecular weight excluding hydrogens is 310 g/mol. The number of hydrogen-bond donors (Lipinski definition) is 2. The summed E-state index contributed by atoms with van der Waals surface area (Å²) in [5.41, 5.74) is 2.22. The average Bonchev–Trinajstić information content (AvgIpc) is 3.06. The van der Waals surface area contributed by atoms with Crippen molar-refractivity contribution in [3.63, 3.8) is 0 Å². The van der Waals surface area contributed by atoms with Gasteiger partial charge in [0.1, 0.15) is 0 Å². The van der Waals surface area contributed by atoms with E-state index in [0.717, 1.165) is 31.6 Å². The van der Waals surface area contributed by atoms with Gasteiger partial charge in [0.05, 0.1) is 6.04 Å². The number of nitrogens with one attached hydrogen (secondary N) is 2. The number of carbonyl (C=O) groups is 1. The zero-order valence-corrected chi connectivity index (χ0v) is 14.7. The second-order valence-corrected chi connectivity index (χ2v) is 6.65. The fraction of sp³-hybridized carbons (Fsp3) is 0.611. The lowest BCUT2D eigenvalue weighted by atomic mass is 10.0. The van der Waals surface area contributed by atoms with Crippen molar-refractivity contribution in [3.05, 3.63) is 29.8 Å². The van der Waals surface area contributed by atoms with Crippen LogP contribution in [0.15, 0.2) is 24.3 Å². The molecule has 23 heavy (non-hydrogen) atoms. The van der Waals surface area contributed by atoms with Crippen molar-refractivity contribution in [1.82, 2.24) is 10.2 Å². The zero-order valence-electron chi connectivity index (χ0n) is 13.9. The number of amides is 1. The Morgan fingerprint density at radius 3 is 2.65 bits per heavy atom. The summed E-state index contributed by atoms with van der Waals surface area (Å²) in [7, 11) is 0. The molecule has 0 radical (unpaired) electrons. The van der Waals surface area contributed by atoms with Crippen LogP contribution in [0.5, 0.6) is 0 Å². The Labute approximate surface area is 145 Å². The van der Waals surface area contributed by atoms with Gasteiger partial charge in [-0.05, 0) is 63.4 Å². The third kappa shape index (κ3) is 4.93. The van der Waals surface area contributed by atoms with Gasteiger partial charge in [0.15, 0.2) is 0 Å². The number of benzene rings is 1. The minimum Gasteiger partial charge on any atom is -0.325 e. The predicted octanol–water partition coefficient (Wildman–Crippen LogP) is 3.17. The molecule has 2 N–H and O–H groups in total. The lowest BCUT2D eigenvalue weighted by Gasteiger charge is -2.33. The van der Waals surface area contributed by atoms with Crippen molar-refractivity contribution >= 4 is 24.0 Å². The summed E-state index contributed by atoms with van der Waals surface area (Å²) in [4.78, 5) is 14.6. The summed E-state index contributed by atoms with van der Waals surface area (Å²) in [5, 5.41) is 6.24. The van der Waals surface area contributed by atoms with E-state index in [-0.39, 0.29) is 24.4 Å². The fourth-order valence-corrected chi connectivity index (χ4v) is 3.46. The van der Waals surface area contributed by atoms with Crippen LogP contribution >= 0.6 is 12.4 Å². The van der Waals surface area contributed by atoms with E-state index in [1.165, 1.54) is 31.4 Å². The van der Waals surface area contributed by atoms with E-state index in [0.29, 0.717) is 6.04 Å². The van der Waals surface area contributed by atoms with Crippen LogP contribution < -0.4 is 10.6 Å². The molecule has 0 spiro atoms. The maximum atomic E-state index is 12.1. The molecule has 2 unspecified atom stereocenters. The van der Waals surface area contributed by atoms with Crippen molar-refractivity contribution < 1.29 is 4.79 Å². The maximum Gasteiger partial charge on any atom is 0.241 e. The Morgan fingerprint density at radius 2 is 2.00 bits per heavy atom. The quantitative estimate of drug-likeness (QED) is 0.887. The van der Waals surface area contributed by atoms with Gasteiger partial charge in [0.2, 0.25) is 5.91 Å². The van der Waals surface area contributed by atoms with Gasteiger partial charge >= 0.3 is 0 Å². The van der Waals surface area contributed by atoms with Crippen LogP contribution in [0.1, 0.15) is 44.6 Å². The number of halogens is 1. The molecule has 2 heterocycles. The molecule has 2 aliphatic rings. The molecule has 0 aliphatic carbocycles. The number of nitrogens with zero attached hydrogens (tertiary/aromatic N) is 1. The number of anilines is 1. The first-order valence-corrected chi connectivity index (χ1v) is 8.59. The molecule has 0 bridgehead atoms. The number of rotatable bonds is 4. The van der Waals surface area contributed by atoms with E-state index in [2.05, 4.69) is 34.6 Å². The summed E-state index contributed by atoms with van der Waals surface area (Å²) in [6, 6.07) is 8.99. The minimum atomic E-state index is -0.0196. The summed E-state index contributed by atoms with van der Waals surface area (Å²) >= 11 is 0. The van der Waals surface area contributed by atoms with E-state index in [9.17, 15) is 4.79 Å². The van der Waals surface area contributed by atoms with Gasteiger partial charge in [-0.15, -0.1) is 12.4 Å². The lowest BCUT2D eigenvalue weighted by molar-refractivity contribution is -0.117. The first-order chi connectivity index (χ1) is 10.7. The number of likely N-dealkylation sites (tertiary alicyclic amines) is 1. The highest BCUT2D eigenvalue weighted by molar-refractivity contribution is 5.95. The molecule has 128 valence electrons. The molecule has 4 nitrogen and oxygen atoms in total. The van der Waals surface area contributed by atoms with Crippen molar-refractivity contribution in [1.29, 1.82) is 0 Å². The highest BCUT2D eigenvalue weighted by Gasteiger charge is 2.22. The second-order valence-electron chi connectivity index (χ2n) is 6.65. The third-order valence-corrected chi connectivity index (χ3v) is 4.92. The molecule has 5 heteroatoms. The summed E-state index contributed by atoms with van der Waals surface area (Å²) < 4.78 is 0. The molecule has 1 amide bonds. The largest absolute Gasteiger partial charge is 0.325 e. The van der Waals surface area contributed by atoms with E-state index < -0.39 is 0 Å². The fourth-order valence-electron chi connectivity index (χ4n) is 3.46. The Hall–Kier alpha value is -1.10. The van der Waals surface area contributed by atoms with Crippen LogP contribution in [0, 0.1) is 0 Å². The van der Waals surface area contributed by atoms with Crippen LogP contribution in [0.3, 0.4) is 0 Å². The Kier molecular flexibility index (Phi) is 6.88. The number of piperidine rings is 1. The Bertz CT molecular complexity index is 499. The van der Waals surface area contributed by atoms with Crippen LogP contribution in [-0.4, -0.2) is 36.0 Å². The van der Waals surface area contributed by atoms with Crippen molar-refractivity contribution in [2.24, 2.45) is 0 Å². The highest BCUT2D eigenvalue weighted by atomic mass is 35.5. The molecular formula is C18H28ClN3O. The van der Waals surface area contributed by atoms with Gasteiger partial charge in [-0.3, -0.25) is 9.69 Å². The first-order valence-electron chi connectivity index (χ1n) is 8.59. The highest BCUT2D eigenvalue weighted by Crippen LogP contribution is 2.20. The molecule has 0 aromatic heterocycles. The second kappa shape index (κ2) is 8.67. The normalized spacial score (nSPS) is 24.9. The van der Waals surface area contributed by atoms with Gasteiger partial charge in [-0.25, -0.2) is 0 Å². The predicted molar refractivity (Wildman–Crippen MR) is 97.1 cm³/mol. The number of carbonyl (C=O) groups excluding carboxylic acids is 1. The van der Waals surface area contributed by atoms with Crippen LogP contribution in [-0.2, 0) is 11.3 Å². The van der Waals surface area contributed by atoms with E-state index >= 15 is 0 Å². The minimum absolute atomic E-state index is 0. The summed E-state index contributed by atoms with van der Waals surface area (Å²) in [6.07, 6.45) is 6.01. The Morgan fingerprint density at radius 1 is 1.22 bits per heavy atom. The Balaban J connectivity index is 0.00000192. The standard InChI is InChI=1S/C18H27N3O.ClH/c1-14-5-2-3-12-21(14)13-15-7-9-16(10-8-15)20-18(22)17-6-4-11-19-17;/h7-10,14,17,19H,2-6,11-13H2,1H3,(H,20,22);1H. The monoisotopic (exact) mass is 337 g/mol. The van der Waals surface area contributed by atoms with Gasteiger partial charge in [0, 0.05) is 18.3 Å². The van der Waals surface area contributed by atoms with Crippen molar-refractivity contribution in [3.8, 4) is 0 Å². The van der Waals surface area contributed by atoms with Gasteiger partial charge in [-0.1, -0.05) is 18.6 Å². The molecule has 1 aromatic rings. The zero-order chi connectivity index (χ0) is 15.4. The molecule has 2 aliphatic heterocycles. The van der Waals surface area contributed by atoms with Crippen molar-refractivity contribution in [2.45, 2.75) is 57.7 Å². The van der Waals surface area contributed by atoms with E-state index in [4.69, 9.17) is 0 Å². The number of hydrogen-bond acceptors (Lipinski definition) is 3. The average molecular weight is 338 g/mol. The van der Waals surface area contributed by atoms with Crippen LogP contribution in [0.25, 0.3) is 0 Å².